The van der Waals surface area contributed by atoms with Crippen molar-refractivity contribution in [2.24, 2.45) is 0 Å². The van der Waals surface area contributed by atoms with Crippen molar-refractivity contribution in [2.75, 3.05) is 25.6 Å². The zero-order chi connectivity index (χ0) is 15.6. The number of aliphatic hydroxyl groups excluding tert-OH is 1. The fraction of sp³-hybridized carbons (Fsp3) is 1.00. The third-order valence-electron chi connectivity index (χ3n) is 2.88. The van der Waals surface area contributed by atoms with E-state index in [1.165, 1.54) is 0 Å². The van der Waals surface area contributed by atoms with E-state index in [-0.39, 0.29) is 13.0 Å². The normalized spacial score (nSPS) is 17.9. The van der Waals surface area contributed by atoms with Crippen LogP contribution in [-0.2, 0) is 13.7 Å². The Morgan fingerprint density at radius 3 is 2.50 bits per heavy atom. The minimum Gasteiger partial charge on any atom is -0.378 e. The summed E-state index contributed by atoms with van der Waals surface area (Å²) in [7, 11) is -7.05. The lowest BCUT2D eigenvalue weighted by atomic mass is 10.2. The number of nitrogens with zero attached hydrogens (tertiary/aromatic N) is 1. The zero-order valence-corrected chi connectivity index (χ0v) is 14.1. The third kappa shape index (κ3) is 10.1. The van der Waals surface area contributed by atoms with Crippen molar-refractivity contribution in [1.29, 1.82) is 0 Å². The summed E-state index contributed by atoms with van der Waals surface area (Å²) < 4.78 is 26.6. The summed E-state index contributed by atoms with van der Waals surface area (Å²) in [6, 6.07) is 0. The molecule has 20 heavy (non-hydrogen) atoms. The van der Waals surface area contributed by atoms with Crippen LogP contribution < -0.4 is 0 Å². The second-order valence-electron chi connectivity index (χ2n) is 4.63. The molecular formula is C11H27NO6P2. The van der Waals surface area contributed by atoms with Gasteiger partial charge in [-0.2, -0.15) is 0 Å². The van der Waals surface area contributed by atoms with Gasteiger partial charge in [0, 0.05) is 13.0 Å². The highest BCUT2D eigenvalue weighted by molar-refractivity contribution is 7.64. The van der Waals surface area contributed by atoms with E-state index in [4.69, 9.17) is 9.42 Å². The molecule has 3 N–H and O–H groups in total. The Morgan fingerprint density at radius 2 is 2.00 bits per heavy atom. The number of unbranched alkanes of at least 4 members (excludes halogenated alkanes) is 2. The molecule has 0 rings (SSSR count). The average Bonchev–Trinajstić information content (AvgIpc) is 2.32. The maximum atomic E-state index is 11.4. The van der Waals surface area contributed by atoms with Gasteiger partial charge in [0.25, 0.3) is 0 Å². The largest absolute Gasteiger partial charge is 0.378 e. The molecule has 9 heteroatoms. The predicted octanol–water partition coefficient (Wildman–Crippen LogP) is 1.83. The van der Waals surface area contributed by atoms with Gasteiger partial charge >= 0.3 is 7.60 Å². The molecule has 0 amide bonds. The third-order valence-corrected chi connectivity index (χ3v) is 6.15. The Labute approximate surface area is 121 Å². The van der Waals surface area contributed by atoms with E-state index in [0.717, 1.165) is 25.8 Å². The highest BCUT2D eigenvalue weighted by Crippen LogP contribution is 2.48. The second-order valence-corrected chi connectivity index (χ2v) is 8.21. The molecule has 0 aromatic carbocycles. The molecule has 0 spiro atoms. The molecule has 0 bridgehead atoms. The maximum absolute atomic E-state index is 11.4. The summed E-state index contributed by atoms with van der Waals surface area (Å²) in [6.07, 6.45) is 2.65. The highest BCUT2D eigenvalue weighted by Gasteiger charge is 2.23. The summed E-state index contributed by atoms with van der Waals surface area (Å²) in [5, 5.41) is 9.96. The van der Waals surface area contributed by atoms with Gasteiger partial charge in [0.15, 0.2) is 0 Å². The maximum Gasteiger partial charge on any atom is 0.337 e. The van der Waals surface area contributed by atoms with E-state index < -0.39 is 27.8 Å². The van der Waals surface area contributed by atoms with Gasteiger partial charge in [0.2, 0.25) is 8.03 Å². The van der Waals surface area contributed by atoms with Gasteiger partial charge in [-0.1, -0.05) is 26.7 Å². The lowest BCUT2D eigenvalue weighted by Crippen LogP contribution is -2.36. The van der Waals surface area contributed by atoms with Crippen LogP contribution in [-0.4, -0.2) is 51.6 Å². The predicted molar refractivity (Wildman–Crippen MR) is 79.3 cm³/mol. The minimum absolute atomic E-state index is 0.117. The van der Waals surface area contributed by atoms with Crippen molar-refractivity contribution in [3.63, 3.8) is 0 Å². The minimum atomic E-state index is -4.02. The smallest absolute Gasteiger partial charge is 0.337 e. The van der Waals surface area contributed by atoms with Crippen LogP contribution in [0.15, 0.2) is 0 Å². The van der Waals surface area contributed by atoms with E-state index in [1.807, 2.05) is 11.8 Å². The van der Waals surface area contributed by atoms with Crippen molar-refractivity contribution in [1.82, 2.24) is 4.90 Å². The fourth-order valence-electron chi connectivity index (χ4n) is 1.78. The molecule has 0 aliphatic carbocycles. The highest BCUT2D eigenvalue weighted by atomic mass is 31.2. The summed E-state index contributed by atoms with van der Waals surface area (Å²) >= 11 is 0. The van der Waals surface area contributed by atoms with Crippen molar-refractivity contribution < 1.29 is 28.5 Å². The van der Waals surface area contributed by atoms with E-state index in [9.17, 15) is 19.1 Å². The zero-order valence-electron chi connectivity index (χ0n) is 12.2. The lowest BCUT2D eigenvalue weighted by molar-refractivity contribution is -0.00877. The first kappa shape index (κ1) is 20.3. The molecule has 122 valence electrons. The van der Waals surface area contributed by atoms with E-state index in [1.54, 1.807) is 0 Å². The molecular weight excluding hydrogens is 304 g/mol. The van der Waals surface area contributed by atoms with Gasteiger partial charge in [-0.05, 0) is 13.0 Å². The van der Waals surface area contributed by atoms with Crippen LogP contribution in [0.4, 0.5) is 0 Å². The Morgan fingerprint density at radius 1 is 1.35 bits per heavy atom. The quantitative estimate of drug-likeness (QED) is 0.284. The number of rotatable bonds is 12. The fourth-order valence-corrected chi connectivity index (χ4v) is 3.91. The van der Waals surface area contributed by atoms with Gasteiger partial charge in [0.05, 0.1) is 6.61 Å². The van der Waals surface area contributed by atoms with Crippen molar-refractivity contribution in [2.45, 2.75) is 45.8 Å². The van der Waals surface area contributed by atoms with Gasteiger partial charge in [-0.25, -0.2) is 0 Å². The van der Waals surface area contributed by atoms with Crippen LogP contribution in [0.2, 0.25) is 0 Å². The Hall–Kier alpha value is 0.260. The number of hydrogen-bond donors (Lipinski definition) is 3. The molecule has 0 aromatic heterocycles. The molecule has 7 nitrogen and oxygen atoms in total. The summed E-state index contributed by atoms with van der Waals surface area (Å²) in [6.45, 7) is 5.38. The molecule has 0 fully saturated rings. The van der Waals surface area contributed by atoms with Gasteiger partial charge in [-0.15, -0.1) is 0 Å². The first-order valence-corrected chi connectivity index (χ1v) is 10.2. The molecule has 0 radical (unpaired) electrons. The molecule has 0 saturated carbocycles. The van der Waals surface area contributed by atoms with Gasteiger partial charge in [0.1, 0.15) is 12.1 Å². The average molecular weight is 331 g/mol. The lowest BCUT2D eigenvalue weighted by Gasteiger charge is -2.26. The second kappa shape index (κ2) is 10.9. The van der Waals surface area contributed by atoms with E-state index in [0.29, 0.717) is 6.54 Å². The first-order valence-electron chi connectivity index (χ1n) is 6.92. The van der Waals surface area contributed by atoms with E-state index in [2.05, 4.69) is 6.92 Å². The molecule has 3 unspecified atom stereocenters. The van der Waals surface area contributed by atoms with Crippen LogP contribution in [0.1, 0.15) is 39.5 Å². The molecule has 3 atom stereocenters. The van der Waals surface area contributed by atoms with Gasteiger partial charge in [-0.3, -0.25) is 14.0 Å². The van der Waals surface area contributed by atoms with E-state index >= 15 is 0 Å². The molecule has 0 heterocycles. The number of aliphatic hydroxyl groups is 1. The van der Waals surface area contributed by atoms with Crippen LogP contribution in [0, 0.1) is 0 Å². The molecule has 0 aromatic rings. The van der Waals surface area contributed by atoms with Crippen molar-refractivity contribution in [3.05, 3.63) is 0 Å². The monoisotopic (exact) mass is 331 g/mol. The summed E-state index contributed by atoms with van der Waals surface area (Å²) in [4.78, 5) is 19.8. The number of hydrogen-bond acceptors (Lipinski definition) is 5. The van der Waals surface area contributed by atoms with Crippen molar-refractivity contribution >= 4 is 15.6 Å². The summed E-state index contributed by atoms with van der Waals surface area (Å²) in [5.41, 5.74) is 0. The van der Waals surface area contributed by atoms with Crippen molar-refractivity contribution in [3.8, 4) is 0 Å². The van der Waals surface area contributed by atoms with Gasteiger partial charge < -0.3 is 19.4 Å². The topological polar surface area (TPSA) is 107 Å². The van der Waals surface area contributed by atoms with Crippen LogP contribution in [0.5, 0.6) is 0 Å². The molecule has 0 saturated heterocycles. The Balaban J connectivity index is 4.03. The van der Waals surface area contributed by atoms with Crippen LogP contribution >= 0.6 is 15.6 Å². The molecule has 0 aliphatic rings. The Bertz CT molecular complexity index is 328. The van der Waals surface area contributed by atoms with Crippen LogP contribution in [0.25, 0.3) is 0 Å². The standard InChI is InChI=1S/C11H27NO6P2/c1-3-5-6-8-12(4-2)11(13)7-9-18-20(16,17)10-19(14)15/h11,13,19H,3-10H2,1-2H3,(H,14,15)(H,16,17). The Kier molecular flexibility index (Phi) is 11.1. The summed E-state index contributed by atoms with van der Waals surface area (Å²) in [5.74, 6) is -0.734. The van der Waals surface area contributed by atoms with Crippen LogP contribution in [0.3, 0.4) is 0 Å². The molecule has 0 aliphatic heterocycles. The SMILES string of the molecule is CCCCCN(CC)C(O)CCOP(=O)(O)C[PH](=O)O. The first-order chi connectivity index (χ1) is 9.32.